The normalized spacial score (nSPS) is 11.7. The summed E-state index contributed by atoms with van der Waals surface area (Å²) in [6.45, 7) is 0.0266. The van der Waals surface area contributed by atoms with Gasteiger partial charge in [0.15, 0.2) is 5.82 Å². The highest BCUT2D eigenvalue weighted by Crippen LogP contribution is 2.25. The lowest BCUT2D eigenvalue weighted by Crippen LogP contribution is -2.24. The molecule has 0 fully saturated rings. The van der Waals surface area contributed by atoms with Gasteiger partial charge in [-0.2, -0.15) is 0 Å². The molecular weight excluding hydrogens is 313 g/mol. The molecule has 0 aliphatic carbocycles. The summed E-state index contributed by atoms with van der Waals surface area (Å²) in [6.07, 6.45) is 1.52. The Hall–Kier alpha value is -1.22. The number of thiazole rings is 1. The summed E-state index contributed by atoms with van der Waals surface area (Å²) < 4.78 is 39.9. The van der Waals surface area contributed by atoms with E-state index in [-0.39, 0.29) is 17.3 Å². The Morgan fingerprint density at radius 2 is 2.21 bits per heavy atom. The first-order chi connectivity index (χ1) is 8.90. The van der Waals surface area contributed by atoms with E-state index in [0.29, 0.717) is 4.88 Å². The van der Waals surface area contributed by atoms with Crippen LogP contribution in [0.5, 0.6) is 0 Å². The van der Waals surface area contributed by atoms with Crippen molar-refractivity contribution in [3.63, 3.8) is 0 Å². The van der Waals surface area contributed by atoms with Gasteiger partial charge in [0.1, 0.15) is 4.90 Å². The molecule has 1 heterocycles. The number of anilines is 1. The van der Waals surface area contributed by atoms with Crippen molar-refractivity contribution in [1.29, 1.82) is 0 Å². The van der Waals surface area contributed by atoms with Crippen LogP contribution in [-0.4, -0.2) is 13.4 Å². The van der Waals surface area contributed by atoms with Gasteiger partial charge in [0.25, 0.3) is 0 Å². The molecule has 0 aliphatic heterocycles. The minimum Gasteiger partial charge on any atom is -0.396 e. The number of hydrogen-bond acceptors (Lipinski definition) is 5. The van der Waals surface area contributed by atoms with Crippen molar-refractivity contribution in [3.05, 3.63) is 39.6 Å². The zero-order chi connectivity index (χ0) is 14.0. The van der Waals surface area contributed by atoms with Crippen molar-refractivity contribution in [2.75, 3.05) is 5.73 Å². The van der Waals surface area contributed by atoms with E-state index in [1.165, 1.54) is 17.5 Å². The second-order valence-electron chi connectivity index (χ2n) is 3.60. The van der Waals surface area contributed by atoms with Gasteiger partial charge in [-0.05, 0) is 12.1 Å². The lowest BCUT2D eigenvalue weighted by molar-refractivity contribution is 0.559. The first-order valence-electron chi connectivity index (χ1n) is 5.01. The van der Waals surface area contributed by atoms with Crippen molar-refractivity contribution in [2.45, 2.75) is 11.4 Å². The molecule has 0 atom stereocenters. The van der Waals surface area contributed by atoms with E-state index in [9.17, 15) is 12.8 Å². The molecule has 0 amide bonds. The van der Waals surface area contributed by atoms with E-state index in [4.69, 9.17) is 17.3 Å². The predicted molar refractivity (Wildman–Crippen MR) is 72.0 cm³/mol. The number of benzene rings is 1. The third kappa shape index (κ3) is 3.21. The van der Waals surface area contributed by atoms with Gasteiger partial charge < -0.3 is 5.73 Å². The fourth-order valence-electron chi connectivity index (χ4n) is 1.35. The maximum Gasteiger partial charge on any atom is 0.243 e. The second kappa shape index (κ2) is 5.41. The van der Waals surface area contributed by atoms with Gasteiger partial charge in [-0.1, -0.05) is 11.6 Å². The van der Waals surface area contributed by atoms with Crippen LogP contribution in [-0.2, 0) is 16.6 Å². The average Bonchev–Trinajstić information content (AvgIpc) is 2.84. The Bertz CT molecular complexity index is 689. The number of aromatic nitrogens is 1. The maximum absolute atomic E-state index is 13.7. The Kier molecular flexibility index (Phi) is 4.04. The van der Waals surface area contributed by atoms with Crippen LogP contribution in [0.2, 0.25) is 5.02 Å². The van der Waals surface area contributed by atoms with E-state index < -0.39 is 20.7 Å². The standard InChI is InChI=1S/C10H9ClFN3O2S2/c11-6-1-8(13)10(12)9(2-6)19(16,17)15-4-7-3-14-5-18-7/h1-3,5,15H,4,13H2. The van der Waals surface area contributed by atoms with Crippen molar-refractivity contribution >= 4 is 38.6 Å². The van der Waals surface area contributed by atoms with Crippen molar-refractivity contribution in [2.24, 2.45) is 0 Å². The van der Waals surface area contributed by atoms with E-state index >= 15 is 0 Å². The number of hydrogen-bond donors (Lipinski definition) is 2. The summed E-state index contributed by atoms with van der Waals surface area (Å²) in [4.78, 5) is 3.95. The first-order valence-corrected chi connectivity index (χ1v) is 7.76. The van der Waals surface area contributed by atoms with E-state index in [2.05, 4.69) is 9.71 Å². The molecule has 2 rings (SSSR count). The zero-order valence-corrected chi connectivity index (χ0v) is 11.8. The number of nitrogens with one attached hydrogen (secondary N) is 1. The Morgan fingerprint density at radius 1 is 1.47 bits per heavy atom. The molecule has 102 valence electrons. The van der Waals surface area contributed by atoms with Crippen LogP contribution in [0.1, 0.15) is 4.88 Å². The van der Waals surface area contributed by atoms with E-state index in [1.54, 1.807) is 5.51 Å². The third-order valence-corrected chi connectivity index (χ3v) is 4.64. The smallest absolute Gasteiger partial charge is 0.243 e. The fraction of sp³-hybridized carbons (Fsp3) is 0.100. The highest BCUT2D eigenvalue weighted by molar-refractivity contribution is 7.89. The number of halogens is 2. The van der Waals surface area contributed by atoms with Crippen LogP contribution in [0.4, 0.5) is 10.1 Å². The van der Waals surface area contributed by atoms with Gasteiger partial charge in [-0.3, -0.25) is 4.98 Å². The number of nitrogens with two attached hydrogens (primary N) is 1. The number of nitrogens with zero attached hydrogens (tertiary/aromatic N) is 1. The quantitative estimate of drug-likeness (QED) is 0.843. The van der Waals surface area contributed by atoms with Crippen molar-refractivity contribution in [1.82, 2.24) is 9.71 Å². The van der Waals surface area contributed by atoms with Crippen LogP contribution in [0.25, 0.3) is 0 Å². The molecule has 5 nitrogen and oxygen atoms in total. The molecule has 2 aromatic rings. The molecule has 19 heavy (non-hydrogen) atoms. The Morgan fingerprint density at radius 3 is 2.84 bits per heavy atom. The summed E-state index contributed by atoms with van der Waals surface area (Å²) in [5.74, 6) is -1.01. The van der Waals surface area contributed by atoms with Gasteiger partial charge in [0.2, 0.25) is 10.0 Å². The molecule has 9 heteroatoms. The number of nitrogen functional groups attached to an aromatic ring is 1. The lowest BCUT2D eigenvalue weighted by Gasteiger charge is -2.08. The van der Waals surface area contributed by atoms with Gasteiger partial charge >= 0.3 is 0 Å². The number of sulfonamides is 1. The van der Waals surface area contributed by atoms with Gasteiger partial charge in [0.05, 0.1) is 11.2 Å². The summed E-state index contributed by atoms with van der Waals surface area (Å²) in [6, 6.07) is 2.17. The van der Waals surface area contributed by atoms with Gasteiger partial charge in [-0.25, -0.2) is 17.5 Å². The molecule has 1 aromatic heterocycles. The van der Waals surface area contributed by atoms with Crippen molar-refractivity contribution < 1.29 is 12.8 Å². The Labute approximate surface area is 118 Å². The molecule has 0 radical (unpaired) electrons. The first kappa shape index (κ1) is 14.2. The van der Waals surface area contributed by atoms with Crippen LogP contribution in [0, 0.1) is 5.82 Å². The SMILES string of the molecule is Nc1cc(Cl)cc(S(=O)(=O)NCc2cncs2)c1F. The molecule has 0 spiro atoms. The molecule has 0 aliphatic rings. The minimum atomic E-state index is -4.02. The van der Waals surface area contributed by atoms with Gasteiger partial charge in [-0.15, -0.1) is 11.3 Å². The predicted octanol–water partition coefficient (Wildman–Crippen LogP) is 2.00. The number of rotatable bonds is 4. The third-order valence-electron chi connectivity index (χ3n) is 2.24. The maximum atomic E-state index is 13.7. The average molecular weight is 322 g/mol. The molecule has 1 aromatic carbocycles. The topological polar surface area (TPSA) is 85.1 Å². The van der Waals surface area contributed by atoms with Gasteiger partial charge in [0, 0.05) is 22.6 Å². The molecule has 0 unspecified atom stereocenters. The monoisotopic (exact) mass is 321 g/mol. The molecule has 0 bridgehead atoms. The summed E-state index contributed by atoms with van der Waals surface area (Å²) in [5, 5.41) is 0.0528. The summed E-state index contributed by atoms with van der Waals surface area (Å²) >= 11 is 6.97. The van der Waals surface area contributed by atoms with Crippen LogP contribution >= 0.6 is 22.9 Å². The largest absolute Gasteiger partial charge is 0.396 e. The second-order valence-corrected chi connectivity index (χ2v) is 6.74. The van der Waals surface area contributed by atoms with Crippen LogP contribution < -0.4 is 10.5 Å². The zero-order valence-electron chi connectivity index (χ0n) is 9.43. The minimum absolute atomic E-state index is 0.0266. The Balaban J connectivity index is 2.29. The summed E-state index contributed by atoms with van der Waals surface area (Å²) in [7, 11) is -4.02. The van der Waals surface area contributed by atoms with Crippen LogP contribution in [0.3, 0.4) is 0 Å². The lowest BCUT2D eigenvalue weighted by atomic mass is 10.3. The molecule has 0 saturated heterocycles. The highest BCUT2D eigenvalue weighted by Gasteiger charge is 2.21. The molecule has 3 N–H and O–H groups in total. The van der Waals surface area contributed by atoms with E-state index in [0.717, 1.165) is 12.1 Å². The highest BCUT2D eigenvalue weighted by atomic mass is 35.5. The van der Waals surface area contributed by atoms with Crippen LogP contribution in [0.15, 0.2) is 28.7 Å². The van der Waals surface area contributed by atoms with E-state index in [1.807, 2.05) is 0 Å². The molecule has 0 saturated carbocycles. The fourth-order valence-corrected chi connectivity index (χ4v) is 3.41. The van der Waals surface area contributed by atoms with Crippen molar-refractivity contribution in [3.8, 4) is 0 Å². The summed E-state index contributed by atoms with van der Waals surface area (Å²) in [5.41, 5.74) is 6.61. The molecular formula is C10H9ClFN3O2S2.